The van der Waals surface area contributed by atoms with Crippen molar-refractivity contribution in [3.8, 4) is 0 Å². The molecule has 142 valence electrons. The van der Waals surface area contributed by atoms with Gasteiger partial charge in [-0.1, -0.05) is 6.07 Å². The molecular weight excluding hydrogens is 364 g/mol. The van der Waals surface area contributed by atoms with E-state index < -0.39 is 35.3 Å². The van der Waals surface area contributed by atoms with Gasteiger partial charge >= 0.3 is 6.18 Å². The standard InChI is InChI=1S/C19H16F4N2O2/c1-11-9-14(5-6-16(11)20)25-8-7-15(18(25)27)17(26)24-13-4-2-3-12(10-13)19(21,22)23/h2-6,9-10,15H,7-8H2,1H3,(H,24,26). The van der Waals surface area contributed by atoms with E-state index in [1.54, 1.807) is 6.92 Å². The Morgan fingerprint density at radius 2 is 1.93 bits per heavy atom. The summed E-state index contributed by atoms with van der Waals surface area (Å²) in [4.78, 5) is 26.3. The Kier molecular flexibility index (Phi) is 4.91. The number of nitrogens with zero attached hydrogens (tertiary/aromatic N) is 1. The number of anilines is 2. The highest BCUT2D eigenvalue weighted by molar-refractivity contribution is 6.13. The zero-order chi connectivity index (χ0) is 19.8. The fourth-order valence-corrected chi connectivity index (χ4v) is 2.98. The highest BCUT2D eigenvalue weighted by Crippen LogP contribution is 2.31. The molecule has 3 rings (SSSR count). The number of amides is 2. The van der Waals surface area contributed by atoms with E-state index in [-0.39, 0.29) is 18.7 Å². The van der Waals surface area contributed by atoms with Gasteiger partial charge in [-0.05, 0) is 55.3 Å². The molecule has 4 nitrogen and oxygen atoms in total. The second kappa shape index (κ2) is 7.02. The lowest BCUT2D eigenvalue weighted by atomic mass is 10.1. The Labute approximate surface area is 152 Å². The second-order valence-electron chi connectivity index (χ2n) is 6.33. The van der Waals surface area contributed by atoms with Gasteiger partial charge in [-0.3, -0.25) is 9.59 Å². The lowest BCUT2D eigenvalue weighted by Gasteiger charge is -2.17. The van der Waals surface area contributed by atoms with Crippen LogP contribution in [0, 0.1) is 18.7 Å². The van der Waals surface area contributed by atoms with Crippen LogP contribution in [-0.2, 0) is 15.8 Å². The molecule has 0 spiro atoms. The van der Waals surface area contributed by atoms with Crippen LogP contribution < -0.4 is 10.2 Å². The van der Waals surface area contributed by atoms with Gasteiger partial charge in [0.05, 0.1) is 5.56 Å². The van der Waals surface area contributed by atoms with Gasteiger partial charge in [0.25, 0.3) is 0 Å². The SMILES string of the molecule is Cc1cc(N2CCC(C(=O)Nc3cccc(C(F)(F)F)c3)C2=O)ccc1F. The fourth-order valence-electron chi connectivity index (χ4n) is 2.98. The molecule has 2 aromatic rings. The lowest BCUT2D eigenvalue weighted by Crippen LogP contribution is -2.33. The molecular formula is C19H16F4N2O2. The number of halogens is 4. The van der Waals surface area contributed by atoms with Crippen molar-refractivity contribution < 1.29 is 27.2 Å². The minimum Gasteiger partial charge on any atom is -0.325 e. The lowest BCUT2D eigenvalue weighted by molar-refractivity contribution is -0.137. The number of alkyl halides is 3. The molecule has 1 N–H and O–H groups in total. The van der Waals surface area contributed by atoms with Gasteiger partial charge in [-0.2, -0.15) is 13.2 Å². The van der Waals surface area contributed by atoms with Crippen LogP contribution in [0.3, 0.4) is 0 Å². The van der Waals surface area contributed by atoms with Gasteiger partial charge in [-0.25, -0.2) is 4.39 Å². The molecule has 1 heterocycles. The van der Waals surface area contributed by atoms with Gasteiger partial charge in [0.2, 0.25) is 11.8 Å². The molecule has 27 heavy (non-hydrogen) atoms. The Morgan fingerprint density at radius 3 is 2.59 bits per heavy atom. The quantitative estimate of drug-likeness (QED) is 0.643. The second-order valence-corrected chi connectivity index (χ2v) is 6.33. The van der Waals surface area contributed by atoms with Crippen molar-refractivity contribution in [3.05, 3.63) is 59.4 Å². The third kappa shape index (κ3) is 3.94. The van der Waals surface area contributed by atoms with E-state index in [9.17, 15) is 27.2 Å². The largest absolute Gasteiger partial charge is 0.416 e. The minimum absolute atomic E-state index is 0.0290. The number of hydrogen-bond acceptors (Lipinski definition) is 2. The molecule has 0 aliphatic carbocycles. The first kappa shape index (κ1) is 18.9. The zero-order valence-corrected chi connectivity index (χ0v) is 14.3. The summed E-state index contributed by atoms with van der Waals surface area (Å²) in [5.74, 6) is -2.54. The maximum atomic E-state index is 13.4. The monoisotopic (exact) mass is 380 g/mol. The molecule has 2 aromatic carbocycles. The fraction of sp³-hybridized carbons (Fsp3) is 0.263. The van der Waals surface area contributed by atoms with E-state index in [0.717, 1.165) is 12.1 Å². The number of aryl methyl sites for hydroxylation is 1. The average Bonchev–Trinajstić information content (AvgIpc) is 2.98. The van der Waals surface area contributed by atoms with Crippen molar-refractivity contribution in [3.63, 3.8) is 0 Å². The van der Waals surface area contributed by atoms with Crippen molar-refractivity contribution >= 4 is 23.2 Å². The first-order valence-corrected chi connectivity index (χ1v) is 8.22. The Balaban J connectivity index is 1.73. The molecule has 1 atom stereocenters. The summed E-state index contributed by atoms with van der Waals surface area (Å²) in [6.07, 6.45) is -4.30. The predicted octanol–water partition coefficient (Wildman–Crippen LogP) is 4.14. The maximum Gasteiger partial charge on any atom is 0.416 e. The summed E-state index contributed by atoms with van der Waals surface area (Å²) in [6.45, 7) is 1.84. The smallest absolute Gasteiger partial charge is 0.325 e. The molecule has 0 aromatic heterocycles. The number of rotatable bonds is 3. The summed E-state index contributed by atoms with van der Waals surface area (Å²) < 4.78 is 51.7. The summed E-state index contributed by atoms with van der Waals surface area (Å²) in [5.41, 5.74) is -0.0643. The van der Waals surface area contributed by atoms with Crippen LogP contribution in [0.2, 0.25) is 0 Å². The van der Waals surface area contributed by atoms with Crippen molar-refractivity contribution in [2.45, 2.75) is 19.5 Å². The van der Waals surface area contributed by atoms with Crippen molar-refractivity contribution in [2.24, 2.45) is 5.92 Å². The first-order valence-electron chi connectivity index (χ1n) is 8.22. The van der Waals surface area contributed by atoms with Gasteiger partial charge < -0.3 is 10.2 Å². The maximum absolute atomic E-state index is 13.4. The predicted molar refractivity (Wildman–Crippen MR) is 91.7 cm³/mol. The summed E-state index contributed by atoms with van der Waals surface area (Å²) in [6, 6.07) is 8.44. The van der Waals surface area contributed by atoms with Crippen LogP contribution in [0.4, 0.5) is 28.9 Å². The highest BCUT2D eigenvalue weighted by Gasteiger charge is 2.38. The third-order valence-electron chi connectivity index (χ3n) is 4.43. The number of hydrogen-bond donors (Lipinski definition) is 1. The van der Waals surface area contributed by atoms with Crippen molar-refractivity contribution in [1.29, 1.82) is 0 Å². The molecule has 1 fully saturated rings. The van der Waals surface area contributed by atoms with Gasteiger partial charge in [0.15, 0.2) is 0 Å². The van der Waals surface area contributed by atoms with Crippen molar-refractivity contribution in [2.75, 3.05) is 16.8 Å². The molecule has 1 aliphatic heterocycles. The Morgan fingerprint density at radius 1 is 1.19 bits per heavy atom. The van der Waals surface area contributed by atoms with E-state index in [2.05, 4.69) is 5.32 Å². The molecule has 8 heteroatoms. The molecule has 0 bridgehead atoms. The molecule has 1 saturated heterocycles. The summed E-state index contributed by atoms with van der Waals surface area (Å²) >= 11 is 0. The third-order valence-corrected chi connectivity index (χ3v) is 4.43. The molecule has 1 aliphatic rings. The highest BCUT2D eigenvalue weighted by atomic mass is 19.4. The molecule has 2 amide bonds. The van der Waals surface area contributed by atoms with E-state index >= 15 is 0 Å². The van der Waals surface area contributed by atoms with Crippen LogP contribution in [-0.4, -0.2) is 18.4 Å². The topological polar surface area (TPSA) is 49.4 Å². The molecule has 0 saturated carbocycles. The Bertz CT molecular complexity index is 896. The molecule has 1 unspecified atom stereocenters. The van der Waals surface area contributed by atoms with Gasteiger partial charge in [0.1, 0.15) is 11.7 Å². The van der Waals surface area contributed by atoms with Crippen LogP contribution in [0.15, 0.2) is 42.5 Å². The Hall–Kier alpha value is -2.90. The number of carbonyl (C=O) groups is 2. The van der Waals surface area contributed by atoms with E-state index in [1.807, 2.05) is 0 Å². The normalized spacial score (nSPS) is 17.3. The minimum atomic E-state index is -4.53. The van der Waals surface area contributed by atoms with E-state index in [1.165, 1.54) is 35.2 Å². The van der Waals surface area contributed by atoms with Crippen LogP contribution in [0.1, 0.15) is 17.5 Å². The average molecular weight is 380 g/mol. The van der Waals surface area contributed by atoms with Crippen molar-refractivity contribution in [1.82, 2.24) is 0 Å². The summed E-state index contributed by atoms with van der Waals surface area (Å²) in [7, 11) is 0. The van der Waals surface area contributed by atoms with Crippen LogP contribution >= 0.6 is 0 Å². The van der Waals surface area contributed by atoms with E-state index in [0.29, 0.717) is 11.3 Å². The number of carbonyl (C=O) groups excluding carboxylic acids is 2. The van der Waals surface area contributed by atoms with Gasteiger partial charge in [-0.15, -0.1) is 0 Å². The van der Waals surface area contributed by atoms with Gasteiger partial charge in [0, 0.05) is 17.9 Å². The first-order chi connectivity index (χ1) is 12.7. The number of nitrogens with one attached hydrogen (secondary N) is 1. The van der Waals surface area contributed by atoms with Crippen LogP contribution in [0.25, 0.3) is 0 Å². The summed E-state index contributed by atoms with van der Waals surface area (Å²) in [5, 5.41) is 2.37. The number of benzene rings is 2. The van der Waals surface area contributed by atoms with E-state index in [4.69, 9.17) is 0 Å². The molecule has 0 radical (unpaired) electrons. The van der Waals surface area contributed by atoms with Crippen LogP contribution in [0.5, 0.6) is 0 Å². The zero-order valence-electron chi connectivity index (χ0n) is 14.3.